The zero-order valence-corrected chi connectivity index (χ0v) is 13.1. The lowest BCUT2D eigenvalue weighted by Gasteiger charge is -2.27. The number of piperidine rings is 1. The highest BCUT2D eigenvalue weighted by atomic mass is 16.4. The predicted molar refractivity (Wildman–Crippen MR) is 89.8 cm³/mol. The number of benzene rings is 2. The van der Waals surface area contributed by atoms with Gasteiger partial charge in [-0.1, -0.05) is 29.8 Å². The Morgan fingerprint density at radius 3 is 2.43 bits per heavy atom. The van der Waals surface area contributed by atoms with Gasteiger partial charge in [-0.05, 0) is 49.1 Å². The summed E-state index contributed by atoms with van der Waals surface area (Å²) in [4.78, 5) is 25.3. The molecule has 1 N–H and O–H groups in total. The number of carboxylic acid groups (broad SMARTS) is 1. The molecule has 0 spiro atoms. The number of anilines is 1. The van der Waals surface area contributed by atoms with E-state index in [0.29, 0.717) is 18.7 Å². The summed E-state index contributed by atoms with van der Waals surface area (Å²) in [5.41, 5.74) is 3.79. The van der Waals surface area contributed by atoms with Crippen LogP contribution in [0.1, 0.15) is 35.2 Å². The number of hydrogen-bond donors (Lipinski definition) is 1. The molecule has 0 aromatic heterocycles. The topological polar surface area (TPSA) is 57.6 Å². The van der Waals surface area contributed by atoms with Crippen molar-refractivity contribution in [1.29, 1.82) is 0 Å². The molecule has 118 valence electrons. The third-order valence-electron chi connectivity index (χ3n) is 4.18. The molecule has 4 heteroatoms. The molecule has 1 aliphatic rings. The lowest BCUT2D eigenvalue weighted by molar-refractivity contribution is -0.119. The minimum atomic E-state index is -0.982. The van der Waals surface area contributed by atoms with Gasteiger partial charge in [0.1, 0.15) is 0 Å². The van der Waals surface area contributed by atoms with Crippen LogP contribution in [0.3, 0.4) is 0 Å². The summed E-state index contributed by atoms with van der Waals surface area (Å²) in [6.07, 6.45) is 2.37. The largest absolute Gasteiger partial charge is 0.478 e. The van der Waals surface area contributed by atoms with Gasteiger partial charge in [-0.2, -0.15) is 0 Å². The monoisotopic (exact) mass is 309 g/mol. The molecule has 3 rings (SSSR count). The second kappa shape index (κ2) is 6.24. The summed E-state index contributed by atoms with van der Waals surface area (Å²) in [7, 11) is 0. The summed E-state index contributed by atoms with van der Waals surface area (Å²) in [6.45, 7) is 2.66. The van der Waals surface area contributed by atoms with E-state index in [1.165, 1.54) is 0 Å². The van der Waals surface area contributed by atoms with Crippen molar-refractivity contribution >= 4 is 17.6 Å². The number of rotatable bonds is 3. The molecule has 0 atom stereocenters. The molecule has 1 fully saturated rings. The van der Waals surface area contributed by atoms with Gasteiger partial charge >= 0.3 is 5.97 Å². The maximum absolute atomic E-state index is 12.1. The summed E-state index contributed by atoms with van der Waals surface area (Å²) in [6, 6.07) is 13.1. The lowest BCUT2D eigenvalue weighted by Crippen LogP contribution is -2.35. The van der Waals surface area contributed by atoms with Gasteiger partial charge < -0.3 is 10.0 Å². The number of hydrogen-bond acceptors (Lipinski definition) is 2. The zero-order chi connectivity index (χ0) is 16.4. The average Bonchev–Trinajstić information content (AvgIpc) is 2.55. The molecule has 4 nitrogen and oxygen atoms in total. The van der Waals surface area contributed by atoms with Crippen molar-refractivity contribution in [3.63, 3.8) is 0 Å². The van der Waals surface area contributed by atoms with Crippen LogP contribution in [-0.2, 0) is 4.79 Å². The second-order valence-corrected chi connectivity index (χ2v) is 5.94. The molecule has 0 bridgehead atoms. The van der Waals surface area contributed by atoms with Crippen molar-refractivity contribution in [1.82, 2.24) is 0 Å². The van der Waals surface area contributed by atoms with Crippen molar-refractivity contribution in [3.05, 3.63) is 53.6 Å². The van der Waals surface area contributed by atoms with Gasteiger partial charge in [-0.3, -0.25) is 4.79 Å². The van der Waals surface area contributed by atoms with Gasteiger partial charge in [0.2, 0.25) is 5.91 Å². The first-order valence-corrected chi connectivity index (χ1v) is 7.80. The van der Waals surface area contributed by atoms with E-state index in [-0.39, 0.29) is 11.5 Å². The first-order valence-electron chi connectivity index (χ1n) is 7.80. The molecule has 0 aliphatic carbocycles. The highest BCUT2D eigenvalue weighted by Crippen LogP contribution is 2.29. The molecule has 23 heavy (non-hydrogen) atoms. The normalized spacial score (nSPS) is 14.8. The van der Waals surface area contributed by atoms with E-state index >= 15 is 0 Å². The Bertz CT molecular complexity index is 750. The van der Waals surface area contributed by atoms with Crippen LogP contribution in [0.15, 0.2) is 42.5 Å². The van der Waals surface area contributed by atoms with Crippen molar-refractivity contribution in [2.24, 2.45) is 0 Å². The smallest absolute Gasteiger partial charge is 0.335 e. The van der Waals surface area contributed by atoms with Crippen LogP contribution >= 0.6 is 0 Å². The first kappa shape index (κ1) is 15.3. The standard InChI is InChI=1S/C19H19NO3/c1-13-5-7-14(8-6-13)15-10-16(19(22)23)12-17(11-15)20-9-3-2-4-18(20)21/h5-8,10-12H,2-4,9H2,1H3,(H,22,23). The Balaban J connectivity index is 2.07. The van der Waals surface area contributed by atoms with E-state index in [9.17, 15) is 14.7 Å². The summed E-state index contributed by atoms with van der Waals surface area (Å²) >= 11 is 0. The van der Waals surface area contributed by atoms with Crippen LogP contribution in [0.4, 0.5) is 5.69 Å². The number of aromatic carboxylic acids is 1. The van der Waals surface area contributed by atoms with Gasteiger partial charge in [0.05, 0.1) is 5.56 Å². The molecule has 2 aromatic carbocycles. The zero-order valence-electron chi connectivity index (χ0n) is 13.1. The molecule has 1 amide bonds. The van der Waals surface area contributed by atoms with Gasteiger partial charge in [0.15, 0.2) is 0 Å². The van der Waals surface area contributed by atoms with Crippen molar-refractivity contribution in [2.45, 2.75) is 26.2 Å². The molecule has 1 aliphatic heterocycles. The molecule has 2 aromatic rings. The summed E-state index contributed by atoms with van der Waals surface area (Å²) in [5.74, 6) is -0.918. The number of aryl methyl sites for hydroxylation is 1. The highest BCUT2D eigenvalue weighted by molar-refractivity contribution is 5.97. The van der Waals surface area contributed by atoms with Gasteiger partial charge in [0.25, 0.3) is 0 Å². The summed E-state index contributed by atoms with van der Waals surface area (Å²) < 4.78 is 0. The fraction of sp³-hybridized carbons (Fsp3) is 0.263. The Kier molecular flexibility index (Phi) is 4.15. The van der Waals surface area contributed by atoms with Crippen LogP contribution in [0.2, 0.25) is 0 Å². The SMILES string of the molecule is Cc1ccc(-c2cc(C(=O)O)cc(N3CCCCC3=O)c2)cc1. The minimum Gasteiger partial charge on any atom is -0.478 e. The molecular weight excluding hydrogens is 290 g/mol. The average molecular weight is 309 g/mol. The maximum Gasteiger partial charge on any atom is 0.335 e. The van der Waals surface area contributed by atoms with Gasteiger partial charge in [0, 0.05) is 18.7 Å². The Hall–Kier alpha value is -2.62. The van der Waals surface area contributed by atoms with E-state index in [0.717, 1.165) is 29.5 Å². The van der Waals surface area contributed by atoms with E-state index in [1.807, 2.05) is 37.3 Å². The van der Waals surface area contributed by atoms with Crippen LogP contribution in [-0.4, -0.2) is 23.5 Å². The predicted octanol–water partition coefficient (Wildman–Crippen LogP) is 3.88. The molecular formula is C19H19NO3. The Labute approximate surface area is 135 Å². The van der Waals surface area contributed by atoms with E-state index < -0.39 is 5.97 Å². The third kappa shape index (κ3) is 3.26. The first-order chi connectivity index (χ1) is 11.0. The number of carbonyl (C=O) groups excluding carboxylic acids is 1. The maximum atomic E-state index is 12.1. The van der Waals surface area contributed by atoms with Crippen molar-refractivity contribution in [3.8, 4) is 11.1 Å². The Morgan fingerprint density at radius 2 is 1.78 bits per heavy atom. The van der Waals surface area contributed by atoms with E-state index in [1.54, 1.807) is 17.0 Å². The van der Waals surface area contributed by atoms with E-state index in [2.05, 4.69) is 0 Å². The van der Waals surface area contributed by atoms with Crippen LogP contribution in [0, 0.1) is 6.92 Å². The second-order valence-electron chi connectivity index (χ2n) is 5.94. The molecule has 1 saturated heterocycles. The van der Waals surface area contributed by atoms with Crippen molar-refractivity contribution in [2.75, 3.05) is 11.4 Å². The minimum absolute atomic E-state index is 0.0636. The van der Waals surface area contributed by atoms with E-state index in [4.69, 9.17) is 0 Å². The molecule has 0 radical (unpaired) electrons. The number of nitrogens with zero attached hydrogens (tertiary/aromatic N) is 1. The third-order valence-corrected chi connectivity index (χ3v) is 4.18. The summed E-state index contributed by atoms with van der Waals surface area (Å²) in [5, 5.41) is 9.39. The van der Waals surface area contributed by atoms with Crippen LogP contribution < -0.4 is 4.90 Å². The van der Waals surface area contributed by atoms with Crippen LogP contribution in [0.5, 0.6) is 0 Å². The lowest BCUT2D eigenvalue weighted by atomic mass is 9.99. The number of carbonyl (C=O) groups is 2. The fourth-order valence-electron chi connectivity index (χ4n) is 2.88. The fourth-order valence-corrected chi connectivity index (χ4v) is 2.88. The number of carboxylic acids is 1. The number of amides is 1. The Morgan fingerprint density at radius 1 is 1.04 bits per heavy atom. The van der Waals surface area contributed by atoms with Gasteiger partial charge in [-0.25, -0.2) is 4.79 Å². The van der Waals surface area contributed by atoms with Crippen LogP contribution in [0.25, 0.3) is 11.1 Å². The quantitative estimate of drug-likeness (QED) is 0.936. The molecule has 1 heterocycles. The van der Waals surface area contributed by atoms with Gasteiger partial charge in [-0.15, -0.1) is 0 Å². The molecule has 0 saturated carbocycles. The molecule has 0 unspecified atom stereocenters. The van der Waals surface area contributed by atoms with Crippen molar-refractivity contribution < 1.29 is 14.7 Å². The highest BCUT2D eigenvalue weighted by Gasteiger charge is 2.21.